The Hall–Kier alpha value is -2.48. The van der Waals surface area contributed by atoms with Crippen LogP contribution in [0.5, 0.6) is 0 Å². The summed E-state index contributed by atoms with van der Waals surface area (Å²) in [5.41, 5.74) is 5.79. The van der Waals surface area contributed by atoms with Crippen molar-refractivity contribution in [2.75, 3.05) is 30.0 Å². The molecule has 156 valence electrons. The van der Waals surface area contributed by atoms with Crippen LogP contribution >= 0.6 is 11.3 Å². The smallest absolute Gasteiger partial charge is 0.227 e. The molecule has 0 saturated carbocycles. The first-order valence-electron chi connectivity index (χ1n) is 10.4. The number of rotatable bonds is 5. The molecule has 0 spiro atoms. The molecule has 2 saturated heterocycles. The number of aliphatic hydroxyl groups excluding tert-OH is 1. The molecule has 7 heteroatoms. The summed E-state index contributed by atoms with van der Waals surface area (Å²) in [5, 5.41) is 14.3. The summed E-state index contributed by atoms with van der Waals surface area (Å²) >= 11 is 1.62. The van der Waals surface area contributed by atoms with Gasteiger partial charge in [-0.1, -0.05) is 12.1 Å². The molecule has 2 aromatic carbocycles. The number of nitrogens with zero attached hydrogens (tertiary/aromatic N) is 2. The molecule has 0 aliphatic carbocycles. The molecule has 30 heavy (non-hydrogen) atoms. The van der Waals surface area contributed by atoms with Gasteiger partial charge in [-0.05, 0) is 48.7 Å². The van der Waals surface area contributed by atoms with Crippen LogP contribution in [-0.2, 0) is 9.53 Å². The van der Waals surface area contributed by atoms with E-state index < -0.39 is 6.10 Å². The number of carbonyl (C=O) groups is 1. The molecule has 2 aliphatic heterocycles. The number of aromatic nitrogens is 1. The number of hydrogen-bond acceptors (Lipinski definition) is 6. The molecule has 3 heterocycles. The standard InChI is InChI=1S/C23H25N3O3S/c27-20-9-11-29-13-18(20)23(25-16-5-8-21-19(12-16)24-14-30-21)15-3-6-17(7-4-15)26-10-1-2-22(26)28/h3-8,12,14,18,20,23,25,27H,1-2,9-11,13H2/t18-,20+,23-/m1/s1. The monoisotopic (exact) mass is 423 g/mol. The highest BCUT2D eigenvalue weighted by Gasteiger charge is 2.33. The van der Waals surface area contributed by atoms with Crippen molar-refractivity contribution in [2.45, 2.75) is 31.4 Å². The normalized spacial score (nSPS) is 23.1. The summed E-state index contributed by atoms with van der Waals surface area (Å²) in [6, 6.07) is 14.2. The van der Waals surface area contributed by atoms with Gasteiger partial charge < -0.3 is 20.1 Å². The van der Waals surface area contributed by atoms with E-state index in [9.17, 15) is 9.90 Å². The Bertz CT molecular complexity index is 1040. The summed E-state index contributed by atoms with van der Waals surface area (Å²) in [5.74, 6) is 0.120. The van der Waals surface area contributed by atoms with Crippen LogP contribution in [0.3, 0.4) is 0 Å². The maximum absolute atomic E-state index is 12.1. The van der Waals surface area contributed by atoms with Crippen molar-refractivity contribution in [1.82, 2.24) is 4.98 Å². The minimum absolute atomic E-state index is 0.0656. The SMILES string of the molecule is O=C1CCCN1c1ccc([C@@H](Nc2ccc3scnc3c2)[C@@H]2COCC[C@@H]2O)cc1. The molecular weight excluding hydrogens is 398 g/mol. The first-order valence-corrected chi connectivity index (χ1v) is 11.3. The highest BCUT2D eigenvalue weighted by molar-refractivity contribution is 7.16. The third-order valence-corrected chi connectivity index (χ3v) is 6.89. The van der Waals surface area contributed by atoms with Gasteiger partial charge in [0.2, 0.25) is 5.91 Å². The molecule has 0 radical (unpaired) electrons. The van der Waals surface area contributed by atoms with E-state index in [0.29, 0.717) is 26.1 Å². The van der Waals surface area contributed by atoms with Crippen molar-refractivity contribution < 1.29 is 14.6 Å². The number of amides is 1. The molecule has 1 aromatic heterocycles. The van der Waals surface area contributed by atoms with Gasteiger partial charge in [0.15, 0.2) is 0 Å². The highest BCUT2D eigenvalue weighted by Crippen LogP contribution is 2.35. The fourth-order valence-electron chi connectivity index (χ4n) is 4.41. The lowest BCUT2D eigenvalue weighted by atomic mass is 9.86. The van der Waals surface area contributed by atoms with Crippen molar-refractivity contribution in [3.8, 4) is 0 Å². The van der Waals surface area contributed by atoms with Gasteiger partial charge in [0.05, 0.1) is 34.5 Å². The number of thiazole rings is 1. The maximum atomic E-state index is 12.1. The van der Waals surface area contributed by atoms with Crippen LogP contribution in [0.4, 0.5) is 11.4 Å². The maximum Gasteiger partial charge on any atom is 0.227 e. The van der Waals surface area contributed by atoms with Crippen molar-refractivity contribution in [2.24, 2.45) is 5.92 Å². The Morgan fingerprint density at radius 2 is 2.10 bits per heavy atom. The summed E-state index contributed by atoms with van der Waals surface area (Å²) in [6.45, 7) is 1.87. The second-order valence-corrected chi connectivity index (χ2v) is 8.88. The quantitative estimate of drug-likeness (QED) is 0.649. The van der Waals surface area contributed by atoms with Crippen LogP contribution in [0.2, 0.25) is 0 Å². The van der Waals surface area contributed by atoms with Gasteiger partial charge in [-0.25, -0.2) is 4.98 Å². The van der Waals surface area contributed by atoms with Crippen molar-refractivity contribution in [1.29, 1.82) is 0 Å². The van der Waals surface area contributed by atoms with E-state index in [1.807, 2.05) is 28.6 Å². The lowest BCUT2D eigenvalue weighted by Gasteiger charge is -2.35. The number of nitrogens with one attached hydrogen (secondary N) is 1. The van der Waals surface area contributed by atoms with Crippen LogP contribution < -0.4 is 10.2 Å². The van der Waals surface area contributed by atoms with E-state index in [-0.39, 0.29) is 17.9 Å². The van der Waals surface area contributed by atoms with Gasteiger partial charge in [0.25, 0.3) is 0 Å². The van der Waals surface area contributed by atoms with Gasteiger partial charge >= 0.3 is 0 Å². The lowest BCUT2D eigenvalue weighted by Crippen LogP contribution is -2.38. The van der Waals surface area contributed by atoms with Crippen LogP contribution in [0.1, 0.15) is 30.9 Å². The van der Waals surface area contributed by atoms with E-state index in [0.717, 1.165) is 40.1 Å². The minimum Gasteiger partial charge on any atom is -0.393 e. The van der Waals surface area contributed by atoms with Crippen LogP contribution in [0.15, 0.2) is 48.0 Å². The van der Waals surface area contributed by atoms with E-state index in [1.54, 1.807) is 11.3 Å². The molecular formula is C23H25N3O3S. The summed E-state index contributed by atoms with van der Waals surface area (Å²) in [6.07, 6.45) is 1.74. The molecule has 6 nitrogen and oxygen atoms in total. The van der Waals surface area contributed by atoms with E-state index in [4.69, 9.17) is 4.74 Å². The van der Waals surface area contributed by atoms with Gasteiger partial charge in [-0.2, -0.15) is 0 Å². The average Bonchev–Trinajstić information content (AvgIpc) is 3.41. The fraction of sp³-hybridized carbons (Fsp3) is 0.391. The molecule has 3 aromatic rings. The van der Waals surface area contributed by atoms with Crippen molar-refractivity contribution >= 4 is 38.8 Å². The zero-order chi connectivity index (χ0) is 20.5. The second-order valence-electron chi connectivity index (χ2n) is 7.99. The molecule has 2 aliphatic rings. The number of hydrogen-bond donors (Lipinski definition) is 2. The Morgan fingerprint density at radius 3 is 2.87 bits per heavy atom. The molecule has 3 atom stereocenters. The number of aliphatic hydroxyl groups is 1. The Labute approximate surface area is 179 Å². The topological polar surface area (TPSA) is 74.7 Å². The lowest BCUT2D eigenvalue weighted by molar-refractivity contribution is -0.117. The second kappa shape index (κ2) is 8.34. The van der Waals surface area contributed by atoms with Gasteiger partial charge in [0.1, 0.15) is 0 Å². The Morgan fingerprint density at radius 1 is 1.23 bits per heavy atom. The number of fused-ring (bicyclic) bond motifs is 1. The largest absolute Gasteiger partial charge is 0.393 e. The van der Waals surface area contributed by atoms with Gasteiger partial charge in [-0.15, -0.1) is 11.3 Å². The summed E-state index contributed by atoms with van der Waals surface area (Å²) in [7, 11) is 0. The van der Waals surface area contributed by atoms with Crippen LogP contribution in [0, 0.1) is 5.92 Å². The van der Waals surface area contributed by atoms with Crippen molar-refractivity contribution in [3.05, 3.63) is 53.5 Å². The summed E-state index contributed by atoms with van der Waals surface area (Å²) < 4.78 is 6.86. The molecule has 2 N–H and O–H groups in total. The average molecular weight is 424 g/mol. The van der Waals surface area contributed by atoms with E-state index in [1.165, 1.54) is 0 Å². The minimum atomic E-state index is -0.431. The molecule has 0 bridgehead atoms. The van der Waals surface area contributed by atoms with E-state index in [2.05, 4.69) is 34.6 Å². The molecule has 5 rings (SSSR count). The third-order valence-electron chi connectivity index (χ3n) is 6.08. The number of ether oxygens (including phenoxy) is 1. The summed E-state index contributed by atoms with van der Waals surface area (Å²) in [4.78, 5) is 18.3. The predicted octanol–water partition coefficient (Wildman–Crippen LogP) is 3.97. The predicted molar refractivity (Wildman–Crippen MR) is 119 cm³/mol. The van der Waals surface area contributed by atoms with Crippen molar-refractivity contribution in [3.63, 3.8) is 0 Å². The molecule has 1 amide bonds. The molecule has 0 unspecified atom stereocenters. The Kier molecular flexibility index (Phi) is 5.41. The Balaban J connectivity index is 1.45. The fourth-order valence-corrected chi connectivity index (χ4v) is 5.07. The van der Waals surface area contributed by atoms with E-state index >= 15 is 0 Å². The van der Waals surface area contributed by atoms with Gasteiger partial charge in [-0.3, -0.25) is 4.79 Å². The number of benzene rings is 2. The van der Waals surface area contributed by atoms with Crippen LogP contribution in [0.25, 0.3) is 10.2 Å². The van der Waals surface area contributed by atoms with Crippen LogP contribution in [-0.4, -0.2) is 41.9 Å². The highest BCUT2D eigenvalue weighted by atomic mass is 32.1. The van der Waals surface area contributed by atoms with Gasteiger partial charge in [0, 0.05) is 36.9 Å². The molecule has 2 fully saturated rings. The number of anilines is 2. The first-order chi connectivity index (χ1) is 14.7. The zero-order valence-corrected chi connectivity index (χ0v) is 17.5. The number of carbonyl (C=O) groups excluding carboxylic acids is 1. The first kappa shape index (κ1) is 19.5. The third kappa shape index (κ3) is 3.80. The zero-order valence-electron chi connectivity index (χ0n) is 16.7.